The van der Waals surface area contributed by atoms with Crippen LogP contribution in [0.4, 0.5) is 0 Å². The summed E-state index contributed by atoms with van der Waals surface area (Å²) < 4.78 is 12.3. The highest BCUT2D eigenvalue weighted by atomic mass is 28.4. The summed E-state index contributed by atoms with van der Waals surface area (Å²) >= 11 is 0. The van der Waals surface area contributed by atoms with Crippen molar-refractivity contribution in [2.75, 3.05) is 13.2 Å². The van der Waals surface area contributed by atoms with Gasteiger partial charge in [0.15, 0.2) is 0 Å². The van der Waals surface area contributed by atoms with Crippen LogP contribution in [-0.4, -0.2) is 29.8 Å². The fourth-order valence-corrected chi connectivity index (χ4v) is 9.19. The molecule has 0 aliphatic rings. The molecule has 0 atom stereocenters. The van der Waals surface area contributed by atoms with E-state index in [2.05, 4.69) is 110 Å². The predicted octanol–water partition coefficient (Wildman–Crippen LogP) is 9.67. The average molecular weight is 461 g/mol. The molecule has 0 spiro atoms. The molecule has 0 amide bonds. The third-order valence-electron chi connectivity index (χ3n) is 6.63. The third-order valence-corrected chi connectivity index (χ3v) is 16.9. The summed E-state index contributed by atoms with van der Waals surface area (Å²) in [6.07, 6.45) is 2.54. The molecule has 0 aromatic heterocycles. The molecule has 0 unspecified atom stereocenters. The van der Waals surface area contributed by atoms with Gasteiger partial charge in [0.1, 0.15) is 0 Å². The Morgan fingerprint density at radius 2 is 0.867 bits per heavy atom. The SMILES string of the molecule is CC(C)(C)CC[Si](C)(C)C(C)(C)C.CCO[Si](CCC(C)(C)C)(OCC)C(C)(C)C. The van der Waals surface area contributed by atoms with Crippen molar-refractivity contribution < 1.29 is 8.85 Å². The Hall–Kier alpha value is 0.354. The highest BCUT2D eigenvalue weighted by Gasteiger charge is 2.49. The molecule has 184 valence electrons. The molecule has 0 heterocycles. The summed E-state index contributed by atoms with van der Waals surface area (Å²) in [6, 6.07) is 2.54. The van der Waals surface area contributed by atoms with E-state index in [4.69, 9.17) is 8.85 Å². The molecule has 0 N–H and O–H groups in total. The number of rotatable bonds is 8. The summed E-state index contributed by atoms with van der Waals surface area (Å²) in [5.41, 5.74) is 0.854. The number of hydrogen-bond acceptors (Lipinski definition) is 2. The lowest BCUT2D eigenvalue weighted by atomic mass is 9.94. The average Bonchev–Trinajstić information content (AvgIpc) is 2.48. The van der Waals surface area contributed by atoms with Gasteiger partial charge in [-0.2, -0.15) is 0 Å². The molecule has 0 aromatic carbocycles. The van der Waals surface area contributed by atoms with Crippen molar-refractivity contribution in [3.8, 4) is 0 Å². The Bertz CT molecular complexity index is 451. The lowest BCUT2D eigenvalue weighted by molar-refractivity contribution is 0.155. The van der Waals surface area contributed by atoms with Gasteiger partial charge in [-0.25, -0.2) is 0 Å². The van der Waals surface area contributed by atoms with E-state index in [0.29, 0.717) is 15.9 Å². The molecule has 4 heteroatoms. The van der Waals surface area contributed by atoms with Crippen LogP contribution < -0.4 is 0 Å². The first kappa shape index (κ1) is 32.5. The van der Waals surface area contributed by atoms with E-state index in [1.807, 2.05) is 0 Å². The van der Waals surface area contributed by atoms with Gasteiger partial charge in [0, 0.05) is 18.3 Å². The Kier molecular flexibility index (Phi) is 13.0. The van der Waals surface area contributed by atoms with Crippen molar-refractivity contribution in [2.24, 2.45) is 10.8 Å². The first-order valence-corrected chi connectivity index (χ1v) is 17.5. The molecule has 0 radical (unpaired) electrons. The standard InChI is InChI=1S/C14H32O2Si.C12H28Si/c1-9-15-17(16-10-2,14(6,7)8)12-11-13(3,4)5;1-11(2,3)9-10-13(7,8)12(4,5)6/h9-12H2,1-8H3;9-10H2,1-8H3. The van der Waals surface area contributed by atoms with Crippen molar-refractivity contribution in [1.29, 1.82) is 0 Å². The highest BCUT2D eigenvalue weighted by molar-refractivity contribution is 6.80. The topological polar surface area (TPSA) is 18.5 Å². The third kappa shape index (κ3) is 13.0. The second-order valence-corrected chi connectivity index (χ2v) is 24.0. The second-order valence-electron chi connectivity index (χ2n) is 14.1. The minimum absolute atomic E-state index is 0.129. The molecule has 0 rings (SSSR count). The number of hydrogen-bond donors (Lipinski definition) is 0. The van der Waals surface area contributed by atoms with Gasteiger partial charge in [-0.3, -0.25) is 0 Å². The zero-order valence-electron chi connectivity index (χ0n) is 24.1. The van der Waals surface area contributed by atoms with E-state index in [1.54, 1.807) is 0 Å². The van der Waals surface area contributed by atoms with Gasteiger partial charge < -0.3 is 8.85 Å². The maximum absolute atomic E-state index is 6.15. The molecular formula is C26H60O2Si2. The van der Waals surface area contributed by atoms with Crippen LogP contribution in [0, 0.1) is 10.8 Å². The molecule has 2 nitrogen and oxygen atoms in total. The molecule has 0 aliphatic heterocycles. The van der Waals surface area contributed by atoms with Crippen molar-refractivity contribution in [3.05, 3.63) is 0 Å². The summed E-state index contributed by atoms with van der Waals surface area (Å²) in [4.78, 5) is 0. The van der Waals surface area contributed by atoms with Crippen LogP contribution in [0.5, 0.6) is 0 Å². The second kappa shape index (κ2) is 12.0. The monoisotopic (exact) mass is 460 g/mol. The molecule has 0 saturated carbocycles. The zero-order valence-corrected chi connectivity index (χ0v) is 26.1. The molecule has 30 heavy (non-hydrogen) atoms. The van der Waals surface area contributed by atoms with Crippen LogP contribution in [0.3, 0.4) is 0 Å². The minimum Gasteiger partial charge on any atom is -0.394 e. The van der Waals surface area contributed by atoms with Crippen LogP contribution in [0.2, 0.25) is 35.3 Å². The van der Waals surface area contributed by atoms with Gasteiger partial charge in [0.05, 0.1) is 8.07 Å². The van der Waals surface area contributed by atoms with E-state index in [0.717, 1.165) is 25.7 Å². The van der Waals surface area contributed by atoms with Gasteiger partial charge in [0.2, 0.25) is 0 Å². The van der Waals surface area contributed by atoms with Crippen LogP contribution in [0.15, 0.2) is 0 Å². The summed E-state index contributed by atoms with van der Waals surface area (Å²) in [6.45, 7) is 38.6. The summed E-state index contributed by atoms with van der Waals surface area (Å²) in [5, 5.41) is 0.683. The van der Waals surface area contributed by atoms with Gasteiger partial charge in [-0.15, -0.1) is 0 Å². The van der Waals surface area contributed by atoms with Crippen molar-refractivity contribution in [3.63, 3.8) is 0 Å². The Balaban J connectivity index is 0. The maximum atomic E-state index is 6.15. The summed E-state index contributed by atoms with van der Waals surface area (Å²) in [5.74, 6) is 0. The van der Waals surface area contributed by atoms with Gasteiger partial charge >= 0.3 is 8.56 Å². The first-order chi connectivity index (χ1) is 13.0. The normalized spacial score (nSPS) is 14.4. The Labute approximate surface area is 194 Å². The van der Waals surface area contributed by atoms with E-state index in [1.165, 1.54) is 12.5 Å². The molecule has 0 saturated heterocycles. The van der Waals surface area contributed by atoms with Crippen LogP contribution in [0.1, 0.15) is 110 Å². The molecular weight excluding hydrogens is 400 g/mol. The smallest absolute Gasteiger partial charge is 0.343 e. The van der Waals surface area contributed by atoms with Crippen LogP contribution in [-0.2, 0) is 8.85 Å². The van der Waals surface area contributed by atoms with Crippen molar-refractivity contribution in [2.45, 2.75) is 145 Å². The predicted molar refractivity (Wildman–Crippen MR) is 144 cm³/mol. The fraction of sp³-hybridized carbons (Fsp3) is 1.00. The van der Waals surface area contributed by atoms with Gasteiger partial charge in [-0.1, -0.05) is 109 Å². The largest absolute Gasteiger partial charge is 0.394 e. The molecule has 0 fully saturated rings. The van der Waals surface area contributed by atoms with Gasteiger partial charge in [-0.05, 0) is 42.2 Å². The molecule has 0 aliphatic carbocycles. The Morgan fingerprint density at radius 1 is 0.533 bits per heavy atom. The molecule has 0 bridgehead atoms. The Morgan fingerprint density at radius 3 is 1.10 bits per heavy atom. The lowest BCUT2D eigenvalue weighted by Gasteiger charge is -2.41. The first-order valence-electron chi connectivity index (χ1n) is 12.3. The van der Waals surface area contributed by atoms with Gasteiger partial charge in [0.25, 0.3) is 0 Å². The molecule has 0 aromatic rings. The van der Waals surface area contributed by atoms with Crippen LogP contribution in [0.25, 0.3) is 0 Å². The van der Waals surface area contributed by atoms with E-state index < -0.39 is 16.6 Å². The minimum atomic E-state index is -2.11. The van der Waals surface area contributed by atoms with Crippen molar-refractivity contribution >= 4 is 16.6 Å². The van der Waals surface area contributed by atoms with Crippen molar-refractivity contribution in [1.82, 2.24) is 0 Å². The van der Waals surface area contributed by atoms with E-state index in [9.17, 15) is 0 Å². The fourth-order valence-electron chi connectivity index (χ4n) is 3.06. The highest BCUT2D eigenvalue weighted by Crippen LogP contribution is 2.43. The quantitative estimate of drug-likeness (QED) is 0.335. The van der Waals surface area contributed by atoms with Crippen LogP contribution >= 0.6 is 0 Å². The lowest BCUT2D eigenvalue weighted by Crippen LogP contribution is -2.51. The zero-order chi connectivity index (χ0) is 24.7. The van der Waals surface area contributed by atoms with E-state index in [-0.39, 0.29) is 5.04 Å². The summed E-state index contributed by atoms with van der Waals surface area (Å²) in [7, 11) is -3.12. The maximum Gasteiger partial charge on any atom is 0.343 e. The van der Waals surface area contributed by atoms with E-state index >= 15 is 0 Å².